The predicted octanol–water partition coefficient (Wildman–Crippen LogP) is 2.77. The summed E-state index contributed by atoms with van der Waals surface area (Å²) in [5.74, 6) is -0.699. The number of nitrogens with zero attached hydrogens (tertiary/aromatic N) is 3. The topological polar surface area (TPSA) is 147 Å². The molecule has 2 aromatic rings. The van der Waals surface area contributed by atoms with Gasteiger partial charge in [0.05, 0.1) is 22.0 Å². The van der Waals surface area contributed by atoms with Gasteiger partial charge in [-0.2, -0.15) is 0 Å². The van der Waals surface area contributed by atoms with Crippen LogP contribution in [0.3, 0.4) is 0 Å². The van der Waals surface area contributed by atoms with Crippen molar-refractivity contribution in [1.29, 1.82) is 0 Å². The number of carboxylic acids is 1. The van der Waals surface area contributed by atoms with E-state index in [1.807, 2.05) is 14.7 Å². The number of rotatable bonds is 6. The van der Waals surface area contributed by atoms with Crippen molar-refractivity contribution in [1.82, 2.24) is 14.7 Å². The minimum atomic E-state index is -0.968. The zero-order valence-electron chi connectivity index (χ0n) is 20.6. The lowest BCUT2D eigenvalue weighted by molar-refractivity contribution is -0.135. The van der Waals surface area contributed by atoms with E-state index in [4.69, 9.17) is 28.3 Å². The molecule has 3 fully saturated rings. The van der Waals surface area contributed by atoms with E-state index in [2.05, 4.69) is 5.73 Å². The summed E-state index contributed by atoms with van der Waals surface area (Å²) < 4.78 is 0. The average Bonchev–Trinajstić information content (AvgIpc) is 3.75. The number of hydrogen-bond donors (Lipinski definition) is 4. The molecule has 0 atom stereocenters. The molecule has 0 amide bonds. The van der Waals surface area contributed by atoms with Gasteiger partial charge in [0, 0.05) is 55.4 Å². The highest BCUT2D eigenvalue weighted by atomic mass is 35.5. The van der Waals surface area contributed by atoms with Crippen molar-refractivity contribution < 1.29 is 29.7 Å². The third-order valence-electron chi connectivity index (χ3n) is 5.73. The Hall–Kier alpha value is -3.38. The Morgan fingerprint density at radius 2 is 1.26 bits per heavy atom. The highest BCUT2D eigenvalue weighted by Crippen LogP contribution is 2.40. The molecule has 13 heteroatoms. The number of nitrogens with two attached hydrogens (primary N) is 1. The van der Waals surface area contributed by atoms with Gasteiger partial charge in [-0.05, 0) is 36.4 Å². The first-order valence-corrected chi connectivity index (χ1v) is 13.5. The highest BCUT2D eigenvalue weighted by molar-refractivity contribution is 7.99. The first-order valence-electron chi connectivity index (χ1n) is 12.0. The Kier molecular flexibility index (Phi) is 8.96. The number of phenols is 2. The Morgan fingerprint density at radius 3 is 1.67 bits per heavy atom. The van der Waals surface area contributed by atoms with Gasteiger partial charge in [-0.25, -0.2) is 0 Å². The molecule has 0 spiro atoms. The molecule has 0 saturated carbocycles. The van der Waals surface area contributed by atoms with Crippen molar-refractivity contribution in [2.75, 3.05) is 45.8 Å². The zero-order valence-corrected chi connectivity index (χ0v) is 23.0. The van der Waals surface area contributed by atoms with Gasteiger partial charge < -0.3 is 35.8 Å². The number of Topliss-reactive ketones (excluding diaryl/α,β-unsaturated/α-hetero) is 1. The molecule has 1 aliphatic carbocycles. The van der Waals surface area contributed by atoms with E-state index in [0.717, 1.165) is 39.3 Å². The van der Waals surface area contributed by atoms with E-state index in [1.165, 1.54) is 30.0 Å². The number of phenolic OH excluding ortho intramolecular Hbond substituents is 2. The number of halogens is 2. The molecule has 0 bridgehead atoms. The summed E-state index contributed by atoms with van der Waals surface area (Å²) in [6, 6.07) is 9.46. The molecule has 0 aromatic heterocycles. The van der Waals surface area contributed by atoms with Crippen molar-refractivity contribution in [3.05, 3.63) is 69.6 Å². The van der Waals surface area contributed by atoms with Gasteiger partial charge in [0.1, 0.15) is 22.9 Å². The van der Waals surface area contributed by atoms with Gasteiger partial charge in [0.25, 0.3) is 0 Å². The first kappa shape index (κ1) is 28.6. The van der Waals surface area contributed by atoms with Crippen molar-refractivity contribution in [2.45, 2.75) is 9.79 Å². The van der Waals surface area contributed by atoms with Crippen LogP contribution < -0.4 is 5.73 Å². The van der Waals surface area contributed by atoms with Crippen LogP contribution in [0.15, 0.2) is 69.4 Å². The van der Waals surface area contributed by atoms with Gasteiger partial charge >= 0.3 is 5.97 Å². The van der Waals surface area contributed by atoms with Gasteiger partial charge in [-0.15, -0.1) is 0 Å². The van der Waals surface area contributed by atoms with Gasteiger partial charge in [-0.3, -0.25) is 14.4 Å². The van der Waals surface area contributed by atoms with Crippen LogP contribution >= 0.6 is 35.0 Å². The van der Waals surface area contributed by atoms with Crippen molar-refractivity contribution in [3.8, 4) is 11.5 Å². The Labute approximate surface area is 238 Å². The quantitative estimate of drug-likeness (QED) is 0.290. The molecule has 6 rings (SSSR count). The summed E-state index contributed by atoms with van der Waals surface area (Å²) in [4.78, 5) is 40.8. The molecular weight excluding hydrogens is 567 g/mol. The van der Waals surface area contributed by atoms with E-state index in [9.17, 15) is 24.6 Å². The smallest absolute Gasteiger partial charge is 0.317 e. The van der Waals surface area contributed by atoms with Crippen LogP contribution in [-0.4, -0.2) is 93.4 Å². The molecule has 10 nitrogen and oxygen atoms in total. The van der Waals surface area contributed by atoms with Crippen LogP contribution in [0.4, 0.5) is 0 Å². The van der Waals surface area contributed by atoms with Gasteiger partial charge in [0.2, 0.25) is 11.6 Å². The monoisotopic (exact) mass is 592 g/mol. The number of carboxylic acid groups (broad SMARTS) is 1. The normalized spacial score (nSPS) is 17.1. The fraction of sp³-hybridized carbons (Fsp3) is 0.269. The predicted molar refractivity (Wildman–Crippen MR) is 147 cm³/mol. The largest absolute Gasteiger partial charge is 0.507 e. The van der Waals surface area contributed by atoms with Crippen molar-refractivity contribution >= 4 is 52.5 Å². The van der Waals surface area contributed by atoms with Crippen molar-refractivity contribution in [3.63, 3.8) is 0 Å². The summed E-state index contributed by atoms with van der Waals surface area (Å²) in [5.41, 5.74) is 6.46. The van der Waals surface area contributed by atoms with E-state index >= 15 is 0 Å². The molecule has 0 radical (unpaired) electrons. The van der Waals surface area contributed by atoms with E-state index in [0.29, 0.717) is 36.9 Å². The maximum atomic E-state index is 12.4. The molecule has 39 heavy (non-hydrogen) atoms. The lowest BCUT2D eigenvalue weighted by Gasteiger charge is -2.21. The zero-order chi connectivity index (χ0) is 28.3. The number of carbonyl (C=O) groups excluding carboxylic acids is 2. The number of carbonyl (C=O) groups is 3. The molecule has 4 aliphatic rings. The van der Waals surface area contributed by atoms with Crippen molar-refractivity contribution in [2.24, 2.45) is 5.73 Å². The van der Waals surface area contributed by atoms with Gasteiger partial charge in [-0.1, -0.05) is 35.0 Å². The number of hydrogen-bond acceptors (Lipinski definition) is 10. The minimum Gasteiger partial charge on any atom is -0.507 e. The Morgan fingerprint density at radius 1 is 0.821 bits per heavy atom. The fourth-order valence-electron chi connectivity index (χ4n) is 3.53. The summed E-state index contributed by atoms with van der Waals surface area (Å²) in [6.07, 6.45) is 1.52. The van der Waals surface area contributed by atoms with E-state index < -0.39 is 5.97 Å². The number of aliphatic carboxylic acids is 1. The summed E-state index contributed by atoms with van der Waals surface area (Å²) in [6.45, 7) is 5.13. The maximum absolute atomic E-state index is 12.4. The van der Waals surface area contributed by atoms with E-state index in [1.54, 1.807) is 24.3 Å². The van der Waals surface area contributed by atoms with E-state index in [-0.39, 0.29) is 29.6 Å². The second-order valence-corrected chi connectivity index (χ2v) is 10.8. The lowest BCUT2D eigenvalue weighted by Crippen LogP contribution is -2.29. The lowest BCUT2D eigenvalue weighted by atomic mass is 10.0. The first-order chi connectivity index (χ1) is 18.6. The number of ketones is 2. The Balaban J connectivity index is 0.000000155. The molecule has 2 aromatic carbocycles. The molecule has 3 heterocycles. The van der Waals surface area contributed by atoms with Crippen LogP contribution in [0.2, 0.25) is 10.0 Å². The molecule has 5 N–H and O–H groups in total. The standard InChI is InChI=1S/C12H8Cl2O2S.C12H13N3O2.C2H5NO2/c13-7-1-3-9(15)11(5-7)17-12-6-8(14)2-4-10(12)16;16-9-7-8(13-1-2-13)12(17)11(15-5-6-15)10(9)14-3-4-14;3-1-2(4)5/h1-6,15-16H;7H,1-6H2;1,3H2,(H,4,5). The molecule has 3 saturated heterocycles. The molecular formula is C26H26Cl2N4O6S. The second-order valence-electron chi connectivity index (χ2n) is 8.81. The summed E-state index contributed by atoms with van der Waals surface area (Å²) >= 11 is 12.9. The maximum Gasteiger partial charge on any atom is 0.317 e. The van der Waals surface area contributed by atoms with Gasteiger partial charge in [0.15, 0.2) is 0 Å². The van der Waals surface area contributed by atoms with Crippen LogP contribution in [0.1, 0.15) is 0 Å². The molecule has 3 aliphatic heterocycles. The number of allylic oxidation sites excluding steroid dienone is 1. The second kappa shape index (κ2) is 12.2. The van der Waals surface area contributed by atoms with Crippen LogP contribution in [-0.2, 0) is 14.4 Å². The third-order valence-corrected chi connectivity index (χ3v) is 7.29. The average molecular weight is 593 g/mol. The Bertz CT molecular complexity index is 1320. The third kappa shape index (κ3) is 7.60. The SMILES string of the molecule is NCC(=O)O.O=C1C=C(N2CC2)C(=O)C(N2CC2)=C1N1CC1.Oc1ccc(Cl)cc1Sc1cc(Cl)ccc1O. The molecule has 206 valence electrons. The summed E-state index contributed by atoms with van der Waals surface area (Å²) in [7, 11) is 0. The highest BCUT2D eigenvalue weighted by Gasteiger charge is 2.43. The number of aromatic hydroxyl groups is 2. The van der Waals surface area contributed by atoms with Crippen LogP contribution in [0.25, 0.3) is 0 Å². The summed E-state index contributed by atoms with van der Waals surface area (Å²) in [5, 5.41) is 28.0. The minimum absolute atomic E-state index is 0.00546. The fourth-order valence-corrected chi connectivity index (χ4v) is 4.96. The van der Waals surface area contributed by atoms with Crippen LogP contribution in [0, 0.1) is 0 Å². The molecule has 0 unspecified atom stereocenters. The van der Waals surface area contributed by atoms with Crippen LogP contribution in [0.5, 0.6) is 11.5 Å². The number of benzene rings is 2.